The van der Waals surface area contributed by atoms with Gasteiger partial charge in [-0.25, -0.2) is 24.1 Å². The Hall–Kier alpha value is -5.14. The minimum Gasteiger partial charge on any atom is -0.439 e. The van der Waals surface area contributed by atoms with E-state index in [1.165, 1.54) is 30.2 Å². The molecule has 40 heavy (non-hydrogen) atoms. The summed E-state index contributed by atoms with van der Waals surface area (Å²) in [7, 11) is 1.51. The number of aromatic nitrogens is 4. The summed E-state index contributed by atoms with van der Waals surface area (Å²) in [4.78, 5) is 46.2. The molecule has 0 radical (unpaired) electrons. The zero-order valence-electron chi connectivity index (χ0n) is 20.6. The molecule has 0 bridgehead atoms. The number of nitrogens with zero attached hydrogens (tertiary/aromatic N) is 5. The molecular formula is C26H18F4N6O4. The first-order valence-corrected chi connectivity index (χ1v) is 11.6. The Bertz CT molecular complexity index is 1620. The van der Waals surface area contributed by atoms with Gasteiger partial charge in [0.25, 0.3) is 11.8 Å². The van der Waals surface area contributed by atoms with Crippen LogP contribution in [0.2, 0.25) is 0 Å². The van der Waals surface area contributed by atoms with Crippen LogP contribution in [0.3, 0.4) is 0 Å². The lowest BCUT2D eigenvalue weighted by Crippen LogP contribution is -2.29. The van der Waals surface area contributed by atoms with Crippen molar-refractivity contribution < 1.29 is 36.7 Å². The molecule has 0 saturated carbocycles. The predicted octanol–water partition coefficient (Wildman–Crippen LogP) is 4.43. The number of carbonyl (C=O) groups is 3. The second kappa shape index (κ2) is 10.2. The summed E-state index contributed by atoms with van der Waals surface area (Å²) in [6.07, 6.45) is -3.15. The van der Waals surface area contributed by atoms with E-state index in [-0.39, 0.29) is 35.5 Å². The zero-order chi connectivity index (χ0) is 28.6. The smallest absolute Gasteiger partial charge is 0.417 e. The average molecular weight is 554 g/mol. The molecule has 3 amide bonds. The lowest BCUT2D eigenvalue weighted by Gasteiger charge is -2.16. The van der Waals surface area contributed by atoms with Crippen molar-refractivity contribution in [1.29, 1.82) is 0 Å². The maximum Gasteiger partial charge on any atom is 0.417 e. The van der Waals surface area contributed by atoms with Crippen LogP contribution in [0.5, 0.6) is 0 Å². The van der Waals surface area contributed by atoms with Crippen LogP contribution in [-0.2, 0) is 29.3 Å². The molecule has 1 aliphatic rings. The van der Waals surface area contributed by atoms with Gasteiger partial charge < -0.3 is 10.1 Å². The highest BCUT2D eigenvalue weighted by Crippen LogP contribution is 2.38. The van der Waals surface area contributed by atoms with E-state index in [4.69, 9.17) is 0 Å². The summed E-state index contributed by atoms with van der Waals surface area (Å²) in [5.74, 6) is -2.99. The average Bonchev–Trinajstić information content (AvgIpc) is 3.49. The number of imide groups is 1. The van der Waals surface area contributed by atoms with Crippen LogP contribution in [-0.4, -0.2) is 49.2 Å². The van der Waals surface area contributed by atoms with Crippen molar-refractivity contribution in [1.82, 2.24) is 24.6 Å². The number of benzene rings is 2. The number of rotatable bonds is 6. The van der Waals surface area contributed by atoms with E-state index < -0.39 is 53.2 Å². The molecule has 0 aliphatic carbocycles. The number of aryl methyl sites for hydroxylation is 1. The number of ether oxygens (including phenoxy) is 1. The van der Waals surface area contributed by atoms with E-state index in [0.717, 1.165) is 11.0 Å². The van der Waals surface area contributed by atoms with Gasteiger partial charge in [-0.1, -0.05) is 30.3 Å². The minimum absolute atomic E-state index is 0.00830. The summed E-state index contributed by atoms with van der Waals surface area (Å²) in [5.41, 5.74) is -1.85. The number of hydrogen-bond donors (Lipinski definition) is 1. The minimum atomic E-state index is -4.91. The van der Waals surface area contributed by atoms with Gasteiger partial charge in [0.2, 0.25) is 0 Å². The molecule has 2 aromatic carbocycles. The molecule has 0 atom stereocenters. The molecule has 5 rings (SSSR count). The van der Waals surface area contributed by atoms with Gasteiger partial charge in [-0.15, -0.1) is 0 Å². The first kappa shape index (κ1) is 26.5. The Morgan fingerprint density at radius 2 is 1.88 bits per heavy atom. The lowest BCUT2D eigenvalue weighted by atomic mass is 9.99. The van der Waals surface area contributed by atoms with Gasteiger partial charge in [0.05, 0.1) is 40.9 Å². The van der Waals surface area contributed by atoms with Crippen molar-refractivity contribution in [3.8, 4) is 22.5 Å². The van der Waals surface area contributed by atoms with Gasteiger partial charge in [-0.2, -0.15) is 18.3 Å². The van der Waals surface area contributed by atoms with Gasteiger partial charge in [0.15, 0.2) is 6.61 Å². The molecule has 1 aliphatic heterocycles. The highest BCUT2D eigenvalue weighted by molar-refractivity contribution is 6.06. The van der Waals surface area contributed by atoms with Gasteiger partial charge in [-0.3, -0.25) is 14.3 Å². The quantitative estimate of drug-likeness (QED) is 0.350. The third-order valence-electron chi connectivity index (χ3n) is 5.92. The van der Waals surface area contributed by atoms with Crippen LogP contribution in [0.25, 0.3) is 22.5 Å². The van der Waals surface area contributed by atoms with E-state index in [0.29, 0.717) is 5.56 Å². The molecular weight excluding hydrogens is 536 g/mol. The molecule has 1 fully saturated rings. The summed E-state index contributed by atoms with van der Waals surface area (Å²) >= 11 is 0. The van der Waals surface area contributed by atoms with Crippen molar-refractivity contribution in [2.75, 3.05) is 11.9 Å². The van der Waals surface area contributed by atoms with Gasteiger partial charge >= 0.3 is 12.3 Å². The highest BCUT2D eigenvalue weighted by atomic mass is 19.4. The monoisotopic (exact) mass is 554 g/mol. The third-order valence-corrected chi connectivity index (χ3v) is 5.92. The van der Waals surface area contributed by atoms with E-state index in [9.17, 15) is 31.9 Å². The zero-order valence-corrected chi connectivity index (χ0v) is 20.6. The van der Waals surface area contributed by atoms with Crippen LogP contribution in [0, 0.1) is 5.82 Å². The number of carbonyl (C=O) groups excluding carboxylic acids is 3. The van der Waals surface area contributed by atoms with Gasteiger partial charge in [-0.05, 0) is 18.2 Å². The summed E-state index contributed by atoms with van der Waals surface area (Å²) in [6, 6.07) is 10.8. The number of alkyl halides is 3. The first-order chi connectivity index (χ1) is 19.0. The van der Waals surface area contributed by atoms with Crippen molar-refractivity contribution in [2.45, 2.75) is 12.7 Å². The van der Waals surface area contributed by atoms with Crippen molar-refractivity contribution in [2.24, 2.45) is 7.05 Å². The van der Waals surface area contributed by atoms with E-state index >= 15 is 0 Å². The number of amides is 3. The lowest BCUT2D eigenvalue weighted by molar-refractivity contribution is -0.137. The molecule has 4 aromatic rings. The van der Waals surface area contributed by atoms with E-state index in [2.05, 4.69) is 25.1 Å². The van der Waals surface area contributed by atoms with Gasteiger partial charge in [0, 0.05) is 24.4 Å². The molecule has 3 heterocycles. The fourth-order valence-electron chi connectivity index (χ4n) is 4.02. The molecule has 0 spiro atoms. The number of anilines is 1. The predicted molar refractivity (Wildman–Crippen MR) is 131 cm³/mol. The van der Waals surface area contributed by atoms with Crippen LogP contribution in [0.1, 0.15) is 21.7 Å². The molecule has 1 N–H and O–H groups in total. The highest BCUT2D eigenvalue weighted by Gasteiger charge is 2.36. The second-order valence-electron chi connectivity index (χ2n) is 8.65. The summed E-state index contributed by atoms with van der Waals surface area (Å²) < 4.78 is 62.0. The number of cyclic esters (lactones) is 1. The SMILES string of the molecule is Cn1ccc(-c2cc(C(=O)Nc3cnc(CN4C(=O)COC4=O)nc3-c3ccccc3)c(F)cc2C(F)(F)F)n1. The Kier molecular flexibility index (Phi) is 6.75. The Balaban J connectivity index is 1.52. The standard InChI is InChI=1S/C26H18F4N6O4/c1-35-8-7-19(34-35)15-9-16(18(27)10-17(15)26(28,29)30)24(38)32-20-11-31-21(12-36-22(37)13-40-25(36)39)33-23(20)14-5-3-2-4-6-14/h2-11H,12-13H2,1H3,(H,32,38). The van der Waals surface area contributed by atoms with E-state index in [1.807, 2.05) is 0 Å². The molecule has 2 aromatic heterocycles. The van der Waals surface area contributed by atoms with Crippen LogP contribution in [0.4, 0.5) is 28.0 Å². The number of hydrogen-bond acceptors (Lipinski definition) is 7. The second-order valence-corrected chi connectivity index (χ2v) is 8.65. The number of nitrogens with one attached hydrogen (secondary N) is 1. The Morgan fingerprint density at radius 3 is 2.50 bits per heavy atom. The topological polar surface area (TPSA) is 119 Å². The molecule has 10 nitrogen and oxygen atoms in total. The molecule has 0 unspecified atom stereocenters. The van der Waals surface area contributed by atoms with Crippen molar-refractivity contribution >= 4 is 23.6 Å². The third kappa shape index (κ3) is 5.23. The maximum absolute atomic E-state index is 14.9. The fraction of sp³-hybridized carbons (Fsp3) is 0.154. The first-order valence-electron chi connectivity index (χ1n) is 11.6. The van der Waals surface area contributed by atoms with Crippen molar-refractivity contribution in [3.05, 3.63) is 83.7 Å². The summed E-state index contributed by atoms with van der Waals surface area (Å²) in [5, 5.41) is 6.43. The fourth-order valence-corrected chi connectivity index (χ4v) is 4.02. The van der Waals surface area contributed by atoms with Gasteiger partial charge in [0.1, 0.15) is 11.6 Å². The largest absolute Gasteiger partial charge is 0.439 e. The van der Waals surface area contributed by atoms with Crippen LogP contribution >= 0.6 is 0 Å². The molecule has 204 valence electrons. The maximum atomic E-state index is 14.9. The Labute approximate surface area is 223 Å². The molecule has 1 saturated heterocycles. The Morgan fingerprint density at radius 1 is 1.12 bits per heavy atom. The van der Waals surface area contributed by atoms with Crippen molar-refractivity contribution in [3.63, 3.8) is 0 Å². The normalized spacial score (nSPS) is 13.5. The molecule has 14 heteroatoms. The van der Waals surface area contributed by atoms with Crippen LogP contribution in [0.15, 0.2) is 60.9 Å². The summed E-state index contributed by atoms with van der Waals surface area (Å²) in [6.45, 7) is -0.704. The number of halogens is 4. The van der Waals surface area contributed by atoms with E-state index in [1.54, 1.807) is 30.3 Å². The van der Waals surface area contributed by atoms with Crippen LogP contribution < -0.4 is 5.32 Å².